The third kappa shape index (κ3) is 6.59. The van der Waals surface area contributed by atoms with Crippen molar-refractivity contribution in [2.24, 2.45) is 0 Å². The van der Waals surface area contributed by atoms with Crippen LogP contribution in [-0.4, -0.2) is 42.3 Å². The third-order valence-electron chi connectivity index (χ3n) is 4.66. The fraction of sp³-hybridized carbons (Fsp3) is 0.348. The molecule has 0 amide bonds. The van der Waals surface area contributed by atoms with E-state index in [1.54, 1.807) is 6.92 Å². The van der Waals surface area contributed by atoms with Gasteiger partial charge in [0.15, 0.2) is 12.4 Å². The van der Waals surface area contributed by atoms with Gasteiger partial charge in [0.05, 0.1) is 6.61 Å². The maximum Gasteiger partial charge on any atom is 0.361 e. The number of hydrogen-bond acceptors (Lipinski definition) is 5. The molecule has 1 aromatic heterocycles. The minimum Gasteiger partial charge on any atom is -0.461 e. The summed E-state index contributed by atoms with van der Waals surface area (Å²) in [5.41, 5.74) is 3.69. The Morgan fingerprint density at radius 2 is 1.55 bits per heavy atom. The molecule has 3 rings (SSSR count). The van der Waals surface area contributed by atoms with Crippen LogP contribution in [0.25, 0.3) is 22.4 Å². The van der Waals surface area contributed by atoms with Crippen molar-refractivity contribution in [2.45, 2.75) is 39.3 Å². The molecule has 6 nitrogen and oxygen atoms in total. The van der Waals surface area contributed by atoms with Crippen molar-refractivity contribution < 1.29 is 14.3 Å². The van der Waals surface area contributed by atoms with Gasteiger partial charge < -0.3 is 9.47 Å². The highest BCUT2D eigenvalue weighted by molar-refractivity contribution is 9.10. The van der Waals surface area contributed by atoms with Gasteiger partial charge in [0.1, 0.15) is 5.69 Å². The molecule has 0 aliphatic carbocycles. The first-order valence-electron chi connectivity index (χ1n) is 10.3. The zero-order valence-corrected chi connectivity index (χ0v) is 21.0. The van der Waals surface area contributed by atoms with E-state index in [-0.39, 0.29) is 19.0 Å². The van der Waals surface area contributed by atoms with E-state index in [9.17, 15) is 4.79 Å². The summed E-state index contributed by atoms with van der Waals surface area (Å²) < 4.78 is 12.0. The highest BCUT2D eigenvalue weighted by Crippen LogP contribution is 2.27. The number of benzene rings is 2. The maximum atomic E-state index is 12.5. The number of esters is 1. The van der Waals surface area contributed by atoms with Gasteiger partial charge in [0.2, 0.25) is 0 Å². The van der Waals surface area contributed by atoms with E-state index in [0.29, 0.717) is 12.3 Å². The van der Waals surface area contributed by atoms with Crippen molar-refractivity contribution >= 4 is 30.0 Å². The number of nitrogens with zero attached hydrogens (tertiary/aromatic N) is 3. The van der Waals surface area contributed by atoms with Gasteiger partial charge in [0.25, 0.3) is 0 Å². The summed E-state index contributed by atoms with van der Waals surface area (Å²) in [6.07, 6.45) is 0. The molecule has 0 saturated heterocycles. The van der Waals surface area contributed by atoms with Crippen molar-refractivity contribution in [3.63, 3.8) is 0 Å². The number of halogens is 1. The molecule has 164 valence electrons. The van der Waals surface area contributed by atoms with Crippen molar-refractivity contribution in [2.75, 3.05) is 13.2 Å². The van der Waals surface area contributed by atoms with Gasteiger partial charge in [-0.05, 0) is 36.2 Å². The number of carbonyl (C=O) groups is 1. The molecule has 31 heavy (non-hydrogen) atoms. The summed E-state index contributed by atoms with van der Waals surface area (Å²) in [7, 11) is -1.17. The molecule has 0 saturated carbocycles. The number of rotatable bonds is 9. The zero-order valence-electron chi connectivity index (χ0n) is 18.4. The van der Waals surface area contributed by atoms with Gasteiger partial charge >= 0.3 is 5.97 Å². The van der Waals surface area contributed by atoms with Crippen LogP contribution >= 0.6 is 15.9 Å². The van der Waals surface area contributed by atoms with Crippen molar-refractivity contribution in [3.05, 3.63) is 58.7 Å². The van der Waals surface area contributed by atoms with Crippen LogP contribution in [-0.2, 0) is 16.2 Å². The molecule has 0 aliphatic rings. The Bertz CT molecular complexity index is 1010. The summed E-state index contributed by atoms with van der Waals surface area (Å²) in [6.45, 7) is 9.82. The molecule has 0 atom stereocenters. The Labute approximate surface area is 192 Å². The van der Waals surface area contributed by atoms with E-state index in [0.717, 1.165) is 27.2 Å². The number of carbonyl (C=O) groups excluding carboxylic acids is 1. The molecule has 1 heterocycles. The highest BCUT2D eigenvalue weighted by atomic mass is 79.9. The maximum absolute atomic E-state index is 12.5. The van der Waals surface area contributed by atoms with Crippen LogP contribution in [0, 0.1) is 0 Å². The quantitative estimate of drug-likeness (QED) is 0.208. The van der Waals surface area contributed by atoms with Gasteiger partial charge in [-0.3, -0.25) is 0 Å². The van der Waals surface area contributed by atoms with Crippen LogP contribution in [0.3, 0.4) is 0 Å². The summed E-state index contributed by atoms with van der Waals surface area (Å²) in [4.78, 5) is 13.9. The number of hydrogen-bond donors (Lipinski definition) is 0. The average Bonchev–Trinajstić information content (AvgIpc) is 3.16. The number of ether oxygens (including phenoxy) is 2. The lowest BCUT2D eigenvalue weighted by Gasteiger charge is -2.14. The lowest BCUT2D eigenvalue weighted by atomic mass is 10.0. The summed E-state index contributed by atoms with van der Waals surface area (Å²) in [5.74, 6) is -0.483. The monoisotopic (exact) mass is 501 g/mol. The van der Waals surface area contributed by atoms with Crippen LogP contribution in [0.4, 0.5) is 0 Å². The van der Waals surface area contributed by atoms with Crippen molar-refractivity contribution in [1.29, 1.82) is 0 Å². The molecule has 0 fully saturated rings. The fourth-order valence-corrected chi connectivity index (χ4v) is 3.95. The minimum absolute atomic E-state index is 0.201. The van der Waals surface area contributed by atoms with E-state index < -0.39 is 14.0 Å². The van der Waals surface area contributed by atoms with Crippen LogP contribution < -0.4 is 0 Å². The Morgan fingerprint density at radius 3 is 2.13 bits per heavy atom. The molecule has 0 N–H and O–H groups in total. The normalized spacial score (nSPS) is 11.5. The first kappa shape index (κ1) is 23.4. The molecule has 0 aliphatic heterocycles. The van der Waals surface area contributed by atoms with Crippen molar-refractivity contribution in [1.82, 2.24) is 15.0 Å². The summed E-state index contributed by atoms with van der Waals surface area (Å²) >= 11 is 3.46. The van der Waals surface area contributed by atoms with E-state index in [1.165, 1.54) is 4.80 Å². The molecule has 2 aromatic carbocycles. The predicted molar refractivity (Wildman–Crippen MR) is 129 cm³/mol. The van der Waals surface area contributed by atoms with E-state index in [2.05, 4.69) is 57.9 Å². The Morgan fingerprint density at radius 1 is 0.968 bits per heavy atom. The standard InChI is InChI=1S/C23H28BrN3O3Si/c1-5-30-23(28)22-21(25-27(26-22)16-29-14-15-31(2,3)4)19-8-6-17(7-9-19)18-10-12-20(24)13-11-18/h6-13H,5,14-16H2,1-4H3. The van der Waals surface area contributed by atoms with Gasteiger partial charge in [-0.15, -0.1) is 5.10 Å². The predicted octanol–water partition coefficient (Wildman–Crippen LogP) is 5.86. The second-order valence-electron chi connectivity index (χ2n) is 8.42. The van der Waals surface area contributed by atoms with Gasteiger partial charge in [-0.1, -0.05) is 72.0 Å². The fourth-order valence-electron chi connectivity index (χ4n) is 2.92. The molecule has 3 aromatic rings. The average molecular weight is 502 g/mol. The zero-order chi connectivity index (χ0) is 22.4. The van der Waals surface area contributed by atoms with E-state index in [4.69, 9.17) is 9.47 Å². The second-order valence-corrected chi connectivity index (χ2v) is 15.0. The van der Waals surface area contributed by atoms with E-state index >= 15 is 0 Å². The number of aromatic nitrogens is 3. The Hall–Kier alpha value is -2.29. The minimum atomic E-state index is -1.17. The molecular weight excluding hydrogens is 474 g/mol. The Balaban J connectivity index is 1.81. The molecule has 0 spiro atoms. The molecule has 0 radical (unpaired) electrons. The topological polar surface area (TPSA) is 66.2 Å². The first-order chi connectivity index (χ1) is 14.8. The van der Waals surface area contributed by atoms with Crippen molar-refractivity contribution in [3.8, 4) is 22.4 Å². The lowest BCUT2D eigenvalue weighted by molar-refractivity contribution is 0.0507. The summed E-state index contributed by atoms with van der Waals surface area (Å²) in [6, 6.07) is 17.1. The molecule has 8 heteroatoms. The van der Waals surface area contributed by atoms with Crippen LogP contribution in [0.1, 0.15) is 17.4 Å². The van der Waals surface area contributed by atoms with Gasteiger partial charge in [-0.25, -0.2) is 4.79 Å². The first-order valence-corrected chi connectivity index (χ1v) is 14.8. The van der Waals surface area contributed by atoms with Crippen LogP contribution in [0.15, 0.2) is 53.0 Å². The summed E-state index contributed by atoms with van der Waals surface area (Å²) in [5, 5.41) is 8.86. The largest absolute Gasteiger partial charge is 0.461 e. The van der Waals surface area contributed by atoms with Gasteiger partial charge in [-0.2, -0.15) is 9.90 Å². The smallest absolute Gasteiger partial charge is 0.361 e. The molecule has 0 unspecified atom stereocenters. The Kier molecular flexibility index (Phi) is 7.80. The van der Waals surface area contributed by atoms with E-state index in [1.807, 2.05) is 36.4 Å². The highest BCUT2D eigenvalue weighted by Gasteiger charge is 2.21. The lowest BCUT2D eigenvalue weighted by Crippen LogP contribution is -2.22. The van der Waals surface area contributed by atoms with Crippen LogP contribution in [0.5, 0.6) is 0 Å². The van der Waals surface area contributed by atoms with Gasteiger partial charge in [0, 0.05) is 24.7 Å². The molecular formula is C23H28BrN3O3Si. The molecule has 0 bridgehead atoms. The SMILES string of the molecule is CCOC(=O)c1nn(COCC[Si](C)(C)C)nc1-c1ccc(-c2ccc(Br)cc2)cc1. The van der Waals surface area contributed by atoms with Crippen LogP contribution in [0.2, 0.25) is 25.7 Å². The third-order valence-corrected chi connectivity index (χ3v) is 6.90. The second kappa shape index (κ2) is 10.3.